The van der Waals surface area contributed by atoms with Crippen molar-refractivity contribution in [2.75, 3.05) is 25.6 Å². The Hall–Kier alpha value is -1.11. The molecule has 6 nitrogen and oxygen atoms in total. The fraction of sp³-hybridized carbons (Fsp3) is 0.500. The Labute approximate surface area is 91.9 Å². The van der Waals surface area contributed by atoms with Gasteiger partial charge in [0.15, 0.2) is 16.7 Å². The Bertz CT molecular complexity index is 324. The third kappa shape index (κ3) is 3.19. The van der Waals surface area contributed by atoms with Crippen molar-refractivity contribution >= 4 is 17.4 Å². The van der Waals surface area contributed by atoms with Crippen LogP contribution in [0.4, 0.5) is 5.82 Å². The van der Waals surface area contributed by atoms with Crippen LogP contribution in [0.2, 0.25) is 5.15 Å². The van der Waals surface area contributed by atoms with Gasteiger partial charge in [-0.25, -0.2) is 9.97 Å². The molecule has 1 atom stereocenters. The van der Waals surface area contributed by atoms with Crippen molar-refractivity contribution in [3.05, 3.63) is 11.5 Å². The highest BCUT2D eigenvalue weighted by molar-refractivity contribution is 6.31. The predicted molar refractivity (Wildman–Crippen MR) is 55.2 cm³/mol. The van der Waals surface area contributed by atoms with E-state index in [0.717, 1.165) is 0 Å². The largest absolute Gasteiger partial charge is 0.490 e. The molecule has 1 unspecified atom stereocenters. The van der Waals surface area contributed by atoms with E-state index in [1.54, 1.807) is 0 Å². The topological polar surface area (TPSA) is 87.5 Å². The molecule has 0 radical (unpaired) electrons. The van der Waals surface area contributed by atoms with Gasteiger partial charge in [0.1, 0.15) is 6.33 Å². The summed E-state index contributed by atoms with van der Waals surface area (Å²) in [7, 11) is 1.44. The maximum atomic E-state index is 9.12. The first-order valence-corrected chi connectivity index (χ1v) is 4.64. The van der Waals surface area contributed by atoms with Crippen LogP contribution in [-0.2, 0) is 0 Å². The Balaban J connectivity index is 2.72. The lowest BCUT2D eigenvalue weighted by Gasteiger charge is -2.12. The molecule has 1 heterocycles. The summed E-state index contributed by atoms with van der Waals surface area (Å²) in [5.41, 5.74) is 0. The van der Waals surface area contributed by atoms with Crippen LogP contribution >= 0.6 is 11.6 Å². The summed E-state index contributed by atoms with van der Waals surface area (Å²) >= 11 is 5.75. The zero-order valence-electron chi connectivity index (χ0n) is 8.14. The van der Waals surface area contributed by atoms with E-state index in [4.69, 9.17) is 26.6 Å². The lowest BCUT2D eigenvalue weighted by molar-refractivity contribution is 0.105. The highest BCUT2D eigenvalue weighted by atomic mass is 35.5. The number of aliphatic hydroxyl groups excluding tert-OH is 2. The van der Waals surface area contributed by atoms with Gasteiger partial charge in [0.2, 0.25) is 0 Å². The highest BCUT2D eigenvalue weighted by Crippen LogP contribution is 2.27. The minimum atomic E-state index is -0.858. The smallest absolute Gasteiger partial charge is 0.198 e. The van der Waals surface area contributed by atoms with Crippen LogP contribution in [-0.4, -0.2) is 46.5 Å². The molecule has 0 aliphatic heterocycles. The summed E-state index contributed by atoms with van der Waals surface area (Å²) in [6.07, 6.45) is 0.418. The van der Waals surface area contributed by atoms with Gasteiger partial charge in [-0.15, -0.1) is 0 Å². The molecule has 84 valence electrons. The summed E-state index contributed by atoms with van der Waals surface area (Å²) in [6, 6.07) is 0. The zero-order chi connectivity index (χ0) is 11.3. The third-order valence-electron chi connectivity index (χ3n) is 1.68. The number of halogens is 1. The summed E-state index contributed by atoms with van der Waals surface area (Å²) in [5, 5.41) is 20.7. The fourth-order valence-electron chi connectivity index (χ4n) is 0.938. The lowest BCUT2D eigenvalue weighted by Crippen LogP contribution is -2.23. The van der Waals surface area contributed by atoms with Crippen LogP contribution in [0.1, 0.15) is 0 Å². The first-order valence-electron chi connectivity index (χ1n) is 4.26. The van der Waals surface area contributed by atoms with E-state index in [9.17, 15) is 0 Å². The number of hydrogen-bond acceptors (Lipinski definition) is 6. The molecular formula is C8H12ClN3O3. The van der Waals surface area contributed by atoms with Crippen LogP contribution in [0.25, 0.3) is 0 Å². The number of hydrogen-bond donors (Lipinski definition) is 3. The number of aliphatic hydroxyl groups is 2. The van der Waals surface area contributed by atoms with Crippen LogP contribution in [0, 0.1) is 0 Å². The Morgan fingerprint density at radius 3 is 2.93 bits per heavy atom. The van der Waals surface area contributed by atoms with E-state index in [-0.39, 0.29) is 18.3 Å². The average molecular weight is 234 g/mol. The zero-order valence-corrected chi connectivity index (χ0v) is 8.90. The van der Waals surface area contributed by atoms with Crippen molar-refractivity contribution in [1.82, 2.24) is 9.97 Å². The number of aromatic nitrogens is 2. The van der Waals surface area contributed by atoms with Gasteiger partial charge in [0.05, 0.1) is 19.8 Å². The van der Waals surface area contributed by atoms with E-state index in [0.29, 0.717) is 11.6 Å². The Morgan fingerprint density at radius 1 is 1.60 bits per heavy atom. The van der Waals surface area contributed by atoms with Gasteiger partial charge in [0, 0.05) is 6.54 Å². The maximum Gasteiger partial charge on any atom is 0.198 e. The molecule has 7 heteroatoms. The second-order valence-electron chi connectivity index (χ2n) is 2.76. The van der Waals surface area contributed by atoms with E-state index in [2.05, 4.69) is 15.3 Å². The lowest BCUT2D eigenvalue weighted by atomic mass is 10.4. The molecule has 0 bridgehead atoms. The SMILES string of the molecule is COc1c(Cl)ncnc1NCC(O)CO. The second-order valence-corrected chi connectivity index (χ2v) is 3.12. The van der Waals surface area contributed by atoms with Crippen LogP contribution in [0.15, 0.2) is 6.33 Å². The van der Waals surface area contributed by atoms with E-state index in [1.165, 1.54) is 13.4 Å². The van der Waals surface area contributed by atoms with Gasteiger partial charge in [-0.3, -0.25) is 0 Å². The second kappa shape index (κ2) is 5.69. The monoisotopic (exact) mass is 233 g/mol. The molecule has 0 aliphatic carbocycles. The Kier molecular flexibility index (Phi) is 4.54. The van der Waals surface area contributed by atoms with Crippen LogP contribution in [0.3, 0.4) is 0 Å². The maximum absolute atomic E-state index is 9.12. The van der Waals surface area contributed by atoms with Gasteiger partial charge in [0.25, 0.3) is 0 Å². The number of methoxy groups -OCH3 is 1. The first-order chi connectivity index (χ1) is 7.19. The van der Waals surface area contributed by atoms with E-state index in [1.807, 2.05) is 0 Å². The summed E-state index contributed by atoms with van der Waals surface area (Å²) in [6.45, 7) is -0.172. The van der Waals surface area contributed by atoms with Crippen molar-refractivity contribution in [2.45, 2.75) is 6.10 Å². The molecule has 0 saturated carbocycles. The van der Waals surface area contributed by atoms with Crippen molar-refractivity contribution in [2.24, 2.45) is 0 Å². The quantitative estimate of drug-likeness (QED) is 0.616. The fourth-order valence-corrected chi connectivity index (χ4v) is 1.15. The molecule has 3 N–H and O–H groups in total. The number of anilines is 1. The van der Waals surface area contributed by atoms with Crippen molar-refractivity contribution < 1.29 is 14.9 Å². The van der Waals surface area contributed by atoms with E-state index >= 15 is 0 Å². The summed E-state index contributed by atoms with van der Waals surface area (Å²) < 4.78 is 4.98. The Morgan fingerprint density at radius 2 is 2.33 bits per heavy atom. The van der Waals surface area contributed by atoms with Gasteiger partial charge in [-0.2, -0.15) is 0 Å². The molecule has 0 fully saturated rings. The summed E-state index contributed by atoms with van der Waals surface area (Å²) in [4.78, 5) is 7.63. The minimum Gasteiger partial charge on any atom is -0.490 e. The number of nitrogens with zero attached hydrogens (tertiary/aromatic N) is 2. The standard InChI is InChI=1S/C8H12ClN3O3/c1-15-6-7(9)11-4-12-8(6)10-2-5(14)3-13/h4-5,13-14H,2-3H2,1H3,(H,10,11,12). The molecule has 1 aromatic rings. The van der Waals surface area contributed by atoms with Crippen molar-refractivity contribution in [1.29, 1.82) is 0 Å². The minimum absolute atomic E-state index is 0.153. The highest BCUT2D eigenvalue weighted by Gasteiger charge is 2.11. The molecule has 15 heavy (non-hydrogen) atoms. The average Bonchev–Trinajstić information content (AvgIpc) is 2.25. The van der Waals surface area contributed by atoms with Gasteiger partial charge < -0.3 is 20.3 Å². The molecule has 0 saturated heterocycles. The molecule has 1 rings (SSSR count). The summed E-state index contributed by atoms with van der Waals surface area (Å²) in [5.74, 6) is 0.689. The predicted octanol–water partition coefficient (Wildman–Crippen LogP) is -0.0963. The van der Waals surface area contributed by atoms with E-state index < -0.39 is 6.10 Å². The number of rotatable bonds is 5. The molecule has 0 aliphatic rings. The van der Waals surface area contributed by atoms with Crippen molar-refractivity contribution in [3.63, 3.8) is 0 Å². The third-order valence-corrected chi connectivity index (χ3v) is 1.95. The van der Waals surface area contributed by atoms with Crippen molar-refractivity contribution in [3.8, 4) is 5.75 Å². The van der Waals surface area contributed by atoms with Gasteiger partial charge in [-0.05, 0) is 0 Å². The molecule has 0 amide bonds. The molecule has 0 aromatic carbocycles. The first kappa shape index (κ1) is 12.0. The molecule has 1 aromatic heterocycles. The van der Waals surface area contributed by atoms with Crippen LogP contribution < -0.4 is 10.1 Å². The van der Waals surface area contributed by atoms with Crippen LogP contribution in [0.5, 0.6) is 5.75 Å². The number of ether oxygens (including phenoxy) is 1. The molecular weight excluding hydrogens is 222 g/mol. The van der Waals surface area contributed by atoms with Gasteiger partial charge in [-0.1, -0.05) is 11.6 Å². The molecule has 0 spiro atoms. The number of nitrogens with one attached hydrogen (secondary N) is 1. The van der Waals surface area contributed by atoms with Gasteiger partial charge >= 0.3 is 0 Å². The normalized spacial score (nSPS) is 12.3.